The van der Waals surface area contributed by atoms with Crippen molar-refractivity contribution in [1.29, 1.82) is 0 Å². The third-order valence-electron chi connectivity index (χ3n) is 4.23. The molecule has 1 aliphatic carbocycles. The van der Waals surface area contributed by atoms with E-state index in [4.69, 9.17) is 5.11 Å². The number of carboxylic acid groups (broad SMARTS) is 1. The van der Waals surface area contributed by atoms with Gasteiger partial charge in [-0.2, -0.15) is 0 Å². The second-order valence-electron chi connectivity index (χ2n) is 6.11. The Kier molecular flexibility index (Phi) is 4.75. The van der Waals surface area contributed by atoms with Gasteiger partial charge in [0.1, 0.15) is 0 Å². The molecule has 2 rings (SSSR count). The van der Waals surface area contributed by atoms with Gasteiger partial charge in [0.05, 0.1) is 23.5 Å². The van der Waals surface area contributed by atoms with Gasteiger partial charge in [0.25, 0.3) is 0 Å². The summed E-state index contributed by atoms with van der Waals surface area (Å²) in [6.45, 7) is 0. The molecule has 0 spiro atoms. The van der Waals surface area contributed by atoms with E-state index in [1.807, 2.05) is 0 Å². The third kappa shape index (κ3) is 4.59. The maximum Gasteiger partial charge on any atom is 0.315 e. The highest BCUT2D eigenvalue weighted by Gasteiger charge is 2.38. The van der Waals surface area contributed by atoms with E-state index in [1.54, 1.807) is 0 Å². The smallest absolute Gasteiger partial charge is 0.315 e. The number of hydrogen-bond donors (Lipinski definition) is 3. The lowest BCUT2D eigenvalue weighted by atomic mass is 9.93. The Morgan fingerprint density at radius 2 is 1.86 bits per heavy atom. The normalized spacial score (nSPS) is 27.0. The van der Waals surface area contributed by atoms with E-state index in [0.717, 1.165) is 12.8 Å². The topological polar surface area (TPSA) is 113 Å². The highest BCUT2D eigenvalue weighted by molar-refractivity contribution is 7.91. The molecule has 0 aromatic rings. The maximum atomic E-state index is 12.1. The minimum atomic E-state index is -3.08. The Hall–Kier alpha value is -1.31. The highest BCUT2D eigenvalue weighted by Crippen LogP contribution is 2.32. The fourth-order valence-corrected chi connectivity index (χ4v) is 4.92. The lowest BCUT2D eigenvalue weighted by Crippen LogP contribution is -2.55. The van der Waals surface area contributed by atoms with Crippen LogP contribution in [0.2, 0.25) is 0 Å². The lowest BCUT2D eigenvalue weighted by Gasteiger charge is -2.30. The van der Waals surface area contributed by atoms with Crippen LogP contribution in [0, 0.1) is 0 Å². The van der Waals surface area contributed by atoms with E-state index in [-0.39, 0.29) is 24.0 Å². The van der Waals surface area contributed by atoms with Crippen molar-refractivity contribution in [2.24, 2.45) is 0 Å². The third-order valence-corrected chi connectivity index (χ3v) is 6.05. The highest BCUT2D eigenvalue weighted by atomic mass is 32.2. The number of sulfone groups is 1. The van der Waals surface area contributed by atoms with Crippen LogP contribution in [0.5, 0.6) is 0 Å². The molecule has 3 N–H and O–H groups in total. The lowest BCUT2D eigenvalue weighted by molar-refractivity contribution is -0.138. The summed E-state index contributed by atoms with van der Waals surface area (Å²) in [5.41, 5.74) is -0.691. The van der Waals surface area contributed by atoms with Crippen LogP contribution in [0.15, 0.2) is 0 Å². The Bertz CT molecular complexity index is 511. The fourth-order valence-electron chi connectivity index (χ4n) is 3.29. The standard InChI is InChI=1S/C13H22N2O5S/c16-11(17)8-13(5-1-2-6-13)15-12(18)14-10-4-3-7-21(19,20)9-10/h10H,1-9H2,(H,16,17)(H2,14,15,18). The second-order valence-corrected chi connectivity index (χ2v) is 8.34. The maximum absolute atomic E-state index is 12.1. The van der Waals surface area contributed by atoms with Crippen LogP contribution in [0.3, 0.4) is 0 Å². The number of carboxylic acids is 1. The van der Waals surface area contributed by atoms with Crippen LogP contribution >= 0.6 is 0 Å². The Balaban J connectivity index is 1.92. The molecule has 1 saturated heterocycles. The molecule has 1 atom stereocenters. The molecule has 120 valence electrons. The van der Waals surface area contributed by atoms with Crippen LogP contribution in [0.25, 0.3) is 0 Å². The van der Waals surface area contributed by atoms with Gasteiger partial charge in [0, 0.05) is 6.04 Å². The molecule has 0 aromatic heterocycles. The summed E-state index contributed by atoms with van der Waals surface area (Å²) in [5.74, 6) is -0.792. The van der Waals surface area contributed by atoms with Gasteiger partial charge >= 0.3 is 12.0 Å². The molecule has 21 heavy (non-hydrogen) atoms. The van der Waals surface area contributed by atoms with E-state index in [9.17, 15) is 18.0 Å². The van der Waals surface area contributed by atoms with Gasteiger partial charge in [0.2, 0.25) is 0 Å². The van der Waals surface area contributed by atoms with E-state index >= 15 is 0 Å². The van der Waals surface area contributed by atoms with Crippen molar-refractivity contribution in [3.63, 3.8) is 0 Å². The SMILES string of the molecule is O=C(O)CC1(NC(=O)NC2CCCS(=O)(=O)C2)CCCC1. The van der Waals surface area contributed by atoms with Gasteiger partial charge < -0.3 is 15.7 Å². The molecule has 0 aromatic carbocycles. The van der Waals surface area contributed by atoms with Crippen molar-refractivity contribution in [2.45, 2.75) is 56.5 Å². The number of nitrogens with one attached hydrogen (secondary N) is 2. The predicted molar refractivity (Wildman–Crippen MR) is 76.8 cm³/mol. The van der Waals surface area contributed by atoms with Crippen LogP contribution < -0.4 is 10.6 Å². The predicted octanol–water partition coefficient (Wildman–Crippen LogP) is 0.650. The average molecular weight is 318 g/mol. The fraction of sp³-hybridized carbons (Fsp3) is 0.846. The van der Waals surface area contributed by atoms with Crippen molar-refractivity contribution < 1.29 is 23.1 Å². The quantitative estimate of drug-likeness (QED) is 0.704. The first-order valence-corrected chi connectivity index (χ1v) is 9.13. The summed E-state index contributed by atoms with van der Waals surface area (Å²) in [5, 5.41) is 14.4. The number of rotatable bonds is 4. The largest absolute Gasteiger partial charge is 0.481 e. The average Bonchev–Trinajstić information content (AvgIpc) is 2.74. The van der Waals surface area contributed by atoms with Crippen LogP contribution in [0.1, 0.15) is 44.9 Å². The summed E-state index contributed by atoms with van der Waals surface area (Å²) in [6, 6.07) is -0.840. The van der Waals surface area contributed by atoms with Crippen LogP contribution in [-0.4, -0.2) is 48.6 Å². The molecule has 1 heterocycles. The van der Waals surface area contributed by atoms with E-state index in [0.29, 0.717) is 25.7 Å². The molecule has 2 fully saturated rings. The summed E-state index contributed by atoms with van der Waals surface area (Å²) in [4.78, 5) is 23.0. The molecule has 0 radical (unpaired) electrons. The molecular formula is C13H22N2O5S. The van der Waals surface area contributed by atoms with Crippen LogP contribution in [0.4, 0.5) is 4.79 Å². The zero-order chi connectivity index (χ0) is 15.5. The van der Waals surface area contributed by atoms with Crippen molar-refractivity contribution in [3.8, 4) is 0 Å². The zero-order valence-electron chi connectivity index (χ0n) is 11.9. The summed E-state index contributed by atoms with van der Waals surface area (Å²) in [7, 11) is -3.08. The van der Waals surface area contributed by atoms with E-state index in [2.05, 4.69) is 10.6 Å². The van der Waals surface area contributed by atoms with Crippen molar-refractivity contribution in [2.75, 3.05) is 11.5 Å². The summed E-state index contributed by atoms with van der Waals surface area (Å²) >= 11 is 0. The van der Waals surface area contributed by atoms with Gasteiger partial charge in [-0.1, -0.05) is 12.8 Å². The van der Waals surface area contributed by atoms with Crippen molar-refractivity contribution in [3.05, 3.63) is 0 Å². The number of carbonyl (C=O) groups is 2. The van der Waals surface area contributed by atoms with Crippen molar-refractivity contribution in [1.82, 2.24) is 10.6 Å². The van der Waals surface area contributed by atoms with Gasteiger partial charge in [-0.05, 0) is 25.7 Å². The monoisotopic (exact) mass is 318 g/mol. The number of amides is 2. The molecule has 1 unspecified atom stereocenters. The summed E-state index contributed by atoms with van der Waals surface area (Å²) < 4.78 is 23.1. The van der Waals surface area contributed by atoms with Gasteiger partial charge in [-0.15, -0.1) is 0 Å². The molecule has 7 nitrogen and oxygen atoms in total. The first-order valence-electron chi connectivity index (χ1n) is 7.31. The first-order chi connectivity index (χ1) is 9.80. The molecular weight excluding hydrogens is 296 g/mol. The number of urea groups is 1. The first kappa shape index (κ1) is 16.1. The molecule has 2 amide bonds. The van der Waals surface area contributed by atoms with Crippen LogP contribution in [-0.2, 0) is 14.6 Å². The van der Waals surface area contributed by atoms with Gasteiger partial charge in [0.15, 0.2) is 9.84 Å². The van der Waals surface area contributed by atoms with Gasteiger partial charge in [-0.3, -0.25) is 4.79 Å². The van der Waals surface area contributed by atoms with Crippen molar-refractivity contribution >= 4 is 21.8 Å². The zero-order valence-corrected chi connectivity index (χ0v) is 12.7. The number of aliphatic carboxylic acids is 1. The Labute approximate surface area is 124 Å². The molecule has 1 aliphatic heterocycles. The minimum absolute atomic E-state index is 0.0354. The van der Waals surface area contributed by atoms with E-state index < -0.39 is 27.4 Å². The molecule has 1 saturated carbocycles. The molecule has 8 heteroatoms. The van der Waals surface area contributed by atoms with Gasteiger partial charge in [-0.25, -0.2) is 13.2 Å². The summed E-state index contributed by atoms with van der Waals surface area (Å²) in [6.07, 6.45) is 4.18. The molecule has 2 aliphatic rings. The number of hydrogen-bond acceptors (Lipinski definition) is 4. The van der Waals surface area contributed by atoms with E-state index in [1.165, 1.54) is 0 Å². The number of carbonyl (C=O) groups excluding carboxylic acids is 1. The Morgan fingerprint density at radius 3 is 2.43 bits per heavy atom. The molecule has 0 bridgehead atoms. The second kappa shape index (κ2) is 6.21. The minimum Gasteiger partial charge on any atom is -0.481 e. The Morgan fingerprint density at radius 1 is 1.19 bits per heavy atom.